The summed E-state index contributed by atoms with van der Waals surface area (Å²) in [4.78, 5) is 9.13. The predicted molar refractivity (Wildman–Crippen MR) is 76.0 cm³/mol. The van der Waals surface area contributed by atoms with Crippen molar-refractivity contribution in [2.75, 3.05) is 0 Å². The van der Waals surface area contributed by atoms with Crippen molar-refractivity contribution in [3.05, 3.63) is 59.2 Å². The molecule has 1 aliphatic rings. The minimum atomic E-state index is 0.191. The Bertz CT molecular complexity index is 580. The van der Waals surface area contributed by atoms with E-state index in [4.69, 9.17) is 10.7 Å². The Hall–Kier alpha value is -1.74. The summed E-state index contributed by atoms with van der Waals surface area (Å²) < 4.78 is 0. The van der Waals surface area contributed by atoms with Crippen LogP contribution in [0.5, 0.6) is 0 Å². The number of hydrogen-bond acceptors (Lipinski definition) is 3. The molecule has 0 spiro atoms. The van der Waals surface area contributed by atoms with Crippen molar-refractivity contribution in [3.8, 4) is 0 Å². The van der Waals surface area contributed by atoms with Gasteiger partial charge < -0.3 is 5.73 Å². The van der Waals surface area contributed by atoms with Crippen LogP contribution in [0.1, 0.15) is 41.9 Å². The summed E-state index contributed by atoms with van der Waals surface area (Å²) in [6.07, 6.45) is 4.73. The Morgan fingerprint density at radius 1 is 1.32 bits per heavy atom. The molecule has 2 aromatic rings. The fourth-order valence-corrected chi connectivity index (χ4v) is 2.60. The molecule has 2 unspecified atom stereocenters. The summed E-state index contributed by atoms with van der Waals surface area (Å²) in [6, 6.07) is 10.7. The molecule has 1 aromatic carbocycles. The van der Waals surface area contributed by atoms with E-state index in [1.54, 1.807) is 0 Å². The first-order chi connectivity index (χ1) is 9.28. The van der Waals surface area contributed by atoms with Gasteiger partial charge in [-0.1, -0.05) is 31.2 Å². The van der Waals surface area contributed by atoms with Crippen LogP contribution in [-0.2, 0) is 12.8 Å². The first-order valence-corrected chi connectivity index (χ1v) is 6.93. The summed E-state index contributed by atoms with van der Waals surface area (Å²) in [5, 5.41) is 0. The van der Waals surface area contributed by atoms with Gasteiger partial charge in [0, 0.05) is 30.3 Å². The molecule has 0 aliphatic heterocycles. The third-order valence-corrected chi connectivity index (χ3v) is 3.89. The molecule has 1 heterocycles. The van der Waals surface area contributed by atoms with Gasteiger partial charge in [-0.2, -0.15) is 0 Å². The van der Waals surface area contributed by atoms with E-state index in [-0.39, 0.29) is 6.04 Å². The lowest BCUT2D eigenvalue weighted by molar-refractivity contribution is 0.616. The van der Waals surface area contributed by atoms with Crippen LogP contribution >= 0.6 is 0 Å². The van der Waals surface area contributed by atoms with E-state index >= 15 is 0 Å². The quantitative estimate of drug-likeness (QED) is 0.910. The molecule has 1 aliphatic carbocycles. The van der Waals surface area contributed by atoms with Crippen molar-refractivity contribution in [2.45, 2.75) is 38.1 Å². The molecular weight excluding hydrogens is 234 g/mol. The highest BCUT2D eigenvalue weighted by molar-refractivity contribution is 5.43. The van der Waals surface area contributed by atoms with Gasteiger partial charge in [0.15, 0.2) is 0 Å². The zero-order valence-electron chi connectivity index (χ0n) is 11.2. The van der Waals surface area contributed by atoms with Crippen molar-refractivity contribution in [1.82, 2.24) is 9.97 Å². The fraction of sp³-hybridized carbons (Fsp3) is 0.375. The van der Waals surface area contributed by atoms with Crippen LogP contribution in [0, 0.1) is 0 Å². The topological polar surface area (TPSA) is 51.8 Å². The van der Waals surface area contributed by atoms with Crippen LogP contribution in [0.25, 0.3) is 0 Å². The largest absolute Gasteiger partial charge is 0.327 e. The number of nitrogens with two attached hydrogens (primary N) is 1. The van der Waals surface area contributed by atoms with E-state index in [0.29, 0.717) is 5.92 Å². The second kappa shape index (κ2) is 5.10. The van der Waals surface area contributed by atoms with E-state index < -0.39 is 0 Å². The smallest absolute Gasteiger partial charge is 0.136 e. The first-order valence-electron chi connectivity index (χ1n) is 6.93. The first kappa shape index (κ1) is 12.3. The lowest BCUT2D eigenvalue weighted by Gasteiger charge is -2.28. The lowest BCUT2D eigenvalue weighted by Crippen LogP contribution is -2.24. The van der Waals surface area contributed by atoms with Crippen LogP contribution in [-0.4, -0.2) is 16.0 Å². The number of aromatic nitrogens is 2. The van der Waals surface area contributed by atoms with Crippen LogP contribution < -0.4 is 5.73 Å². The number of benzene rings is 1. The molecule has 19 heavy (non-hydrogen) atoms. The fourth-order valence-electron chi connectivity index (χ4n) is 2.60. The van der Waals surface area contributed by atoms with Gasteiger partial charge in [-0.3, -0.25) is 0 Å². The number of rotatable bonds is 4. The molecule has 0 radical (unpaired) electrons. The Labute approximate surface area is 113 Å². The highest BCUT2D eigenvalue weighted by Crippen LogP contribution is 2.38. The average Bonchev–Trinajstić information content (AvgIpc) is 2.40. The Morgan fingerprint density at radius 2 is 2.16 bits per heavy atom. The normalized spacial score (nSPS) is 18.5. The summed E-state index contributed by atoms with van der Waals surface area (Å²) in [7, 11) is 0. The van der Waals surface area contributed by atoms with Gasteiger partial charge in [0.25, 0.3) is 0 Å². The molecule has 0 bridgehead atoms. The molecule has 3 heteroatoms. The summed E-state index contributed by atoms with van der Waals surface area (Å²) in [5.41, 5.74) is 9.85. The van der Waals surface area contributed by atoms with Gasteiger partial charge in [-0.25, -0.2) is 9.97 Å². The van der Waals surface area contributed by atoms with E-state index in [1.165, 1.54) is 11.1 Å². The molecule has 0 saturated carbocycles. The average molecular weight is 253 g/mol. The SMILES string of the molecule is CCC(N)Cc1ccnc(C2Cc3ccccc32)n1. The molecule has 3 nitrogen and oxygen atoms in total. The van der Waals surface area contributed by atoms with Crippen molar-refractivity contribution in [2.24, 2.45) is 5.73 Å². The Kier molecular flexibility index (Phi) is 3.30. The maximum atomic E-state index is 5.99. The molecule has 0 amide bonds. The van der Waals surface area contributed by atoms with Gasteiger partial charge in [-0.05, 0) is 30.0 Å². The third-order valence-electron chi connectivity index (χ3n) is 3.89. The molecular formula is C16H19N3. The molecule has 0 saturated heterocycles. The van der Waals surface area contributed by atoms with E-state index in [2.05, 4.69) is 36.2 Å². The Morgan fingerprint density at radius 3 is 2.95 bits per heavy atom. The molecule has 1 aromatic heterocycles. The molecule has 3 rings (SSSR count). The van der Waals surface area contributed by atoms with E-state index in [0.717, 1.165) is 30.8 Å². The second-order valence-corrected chi connectivity index (χ2v) is 5.23. The predicted octanol–water partition coefficient (Wildman–Crippen LogP) is 2.44. The zero-order valence-corrected chi connectivity index (χ0v) is 11.2. The van der Waals surface area contributed by atoms with Gasteiger partial charge in [0.2, 0.25) is 0 Å². The highest BCUT2D eigenvalue weighted by Gasteiger charge is 2.29. The van der Waals surface area contributed by atoms with Gasteiger partial charge in [0.1, 0.15) is 5.82 Å². The minimum absolute atomic E-state index is 0.191. The number of nitrogens with zero attached hydrogens (tertiary/aromatic N) is 2. The minimum Gasteiger partial charge on any atom is -0.327 e. The standard InChI is InChI=1S/C16H19N3/c1-2-12(17)10-13-7-8-18-16(19-13)15-9-11-5-3-4-6-14(11)15/h3-8,12,15H,2,9-10,17H2,1H3. The van der Waals surface area contributed by atoms with Crippen molar-refractivity contribution >= 4 is 0 Å². The summed E-state index contributed by atoms with van der Waals surface area (Å²) in [5.74, 6) is 1.31. The maximum Gasteiger partial charge on any atom is 0.136 e. The summed E-state index contributed by atoms with van der Waals surface area (Å²) >= 11 is 0. The van der Waals surface area contributed by atoms with Gasteiger partial charge >= 0.3 is 0 Å². The monoisotopic (exact) mass is 253 g/mol. The number of hydrogen-bond donors (Lipinski definition) is 1. The Balaban J connectivity index is 1.82. The van der Waals surface area contributed by atoms with Crippen LogP contribution in [0.15, 0.2) is 36.5 Å². The molecule has 98 valence electrons. The van der Waals surface area contributed by atoms with Gasteiger partial charge in [-0.15, -0.1) is 0 Å². The zero-order chi connectivity index (χ0) is 13.2. The van der Waals surface area contributed by atoms with Crippen molar-refractivity contribution < 1.29 is 0 Å². The maximum absolute atomic E-state index is 5.99. The van der Waals surface area contributed by atoms with Crippen LogP contribution in [0.3, 0.4) is 0 Å². The molecule has 0 fully saturated rings. The second-order valence-electron chi connectivity index (χ2n) is 5.23. The molecule has 2 N–H and O–H groups in total. The lowest BCUT2D eigenvalue weighted by atomic mass is 9.77. The number of fused-ring (bicyclic) bond motifs is 1. The highest BCUT2D eigenvalue weighted by atomic mass is 14.9. The van der Waals surface area contributed by atoms with E-state index in [1.807, 2.05) is 12.3 Å². The van der Waals surface area contributed by atoms with Gasteiger partial charge in [0.05, 0.1) is 0 Å². The van der Waals surface area contributed by atoms with Crippen molar-refractivity contribution in [3.63, 3.8) is 0 Å². The van der Waals surface area contributed by atoms with Crippen LogP contribution in [0.2, 0.25) is 0 Å². The van der Waals surface area contributed by atoms with Crippen molar-refractivity contribution in [1.29, 1.82) is 0 Å². The van der Waals surface area contributed by atoms with Crippen LogP contribution in [0.4, 0.5) is 0 Å². The van der Waals surface area contributed by atoms with E-state index in [9.17, 15) is 0 Å². The third kappa shape index (κ3) is 2.38. The summed E-state index contributed by atoms with van der Waals surface area (Å²) in [6.45, 7) is 2.11. The molecule has 2 atom stereocenters.